The molecule has 1 aliphatic heterocycles. The fourth-order valence-corrected chi connectivity index (χ4v) is 4.32. The summed E-state index contributed by atoms with van der Waals surface area (Å²) in [5.74, 6) is 0.219. The van der Waals surface area contributed by atoms with Gasteiger partial charge < -0.3 is 14.6 Å². The van der Waals surface area contributed by atoms with E-state index in [4.69, 9.17) is 9.47 Å². The average molecular weight is 406 g/mol. The number of rotatable bonds is 6. The van der Waals surface area contributed by atoms with Crippen molar-refractivity contribution in [2.75, 3.05) is 27.3 Å². The van der Waals surface area contributed by atoms with Crippen LogP contribution in [0.5, 0.6) is 11.5 Å². The number of carboxylic acids is 1. The molecule has 30 heavy (non-hydrogen) atoms. The lowest BCUT2D eigenvalue weighted by molar-refractivity contribution is -0.143. The zero-order valence-electron chi connectivity index (χ0n) is 17.2. The van der Waals surface area contributed by atoms with Gasteiger partial charge in [0, 0.05) is 18.1 Å². The minimum Gasteiger partial charge on any atom is -0.493 e. The van der Waals surface area contributed by atoms with Crippen molar-refractivity contribution in [2.24, 2.45) is 5.92 Å². The molecule has 1 saturated heterocycles. The number of hydrogen-bond acceptors (Lipinski definition) is 5. The van der Waals surface area contributed by atoms with Crippen LogP contribution in [0.2, 0.25) is 0 Å². The first-order valence-corrected chi connectivity index (χ1v) is 10.1. The number of ether oxygens (including phenoxy) is 2. The van der Waals surface area contributed by atoms with Crippen LogP contribution >= 0.6 is 0 Å². The van der Waals surface area contributed by atoms with E-state index in [-0.39, 0.29) is 12.0 Å². The second-order valence-electron chi connectivity index (χ2n) is 7.65. The van der Waals surface area contributed by atoms with Gasteiger partial charge in [0.2, 0.25) is 0 Å². The number of aliphatic carboxylic acids is 1. The third-order valence-corrected chi connectivity index (χ3v) is 5.82. The molecule has 0 aliphatic carbocycles. The van der Waals surface area contributed by atoms with Gasteiger partial charge in [0.25, 0.3) is 0 Å². The Morgan fingerprint density at radius 1 is 1.10 bits per heavy atom. The summed E-state index contributed by atoms with van der Waals surface area (Å²) in [5, 5.41) is 10.7. The van der Waals surface area contributed by atoms with Crippen LogP contribution in [-0.2, 0) is 4.79 Å². The number of para-hydroxylation sites is 1. The molecule has 1 aliphatic rings. The topological polar surface area (TPSA) is 71.9 Å². The van der Waals surface area contributed by atoms with Crippen molar-refractivity contribution in [2.45, 2.75) is 18.9 Å². The molecule has 0 spiro atoms. The van der Waals surface area contributed by atoms with Gasteiger partial charge in [0.05, 0.1) is 31.7 Å². The number of aromatic nitrogens is 1. The molecule has 6 heteroatoms. The van der Waals surface area contributed by atoms with E-state index in [1.807, 2.05) is 48.7 Å². The first-order valence-electron chi connectivity index (χ1n) is 10.1. The normalized spacial score (nSPS) is 18.1. The Morgan fingerprint density at radius 3 is 2.67 bits per heavy atom. The fourth-order valence-electron chi connectivity index (χ4n) is 4.32. The second kappa shape index (κ2) is 8.71. The number of piperidine rings is 1. The zero-order valence-corrected chi connectivity index (χ0v) is 17.2. The SMILES string of the molecule is COc1ccc(C(c2cnc3ccccc3c2)N2CCCC(C(=O)O)C2)cc1OC. The van der Waals surface area contributed by atoms with Crippen LogP contribution < -0.4 is 9.47 Å². The van der Waals surface area contributed by atoms with E-state index in [0.29, 0.717) is 24.5 Å². The minimum atomic E-state index is -0.734. The van der Waals surface area contributed by atoms with Gasteiger partial charge in [-0.15, -0.1) is 0 Å². The van der Waals surface area contributed by atoms with Gasteiger partial charge in [-0.2, -0.15) is 0 Å². The van der Waals surface area contributed by atoms with E-state index in [1.54, 1.807) is 14.2 Å². The van der Waals surface area contributed by atoms with Gasteiger partial charge in [-0.1, -0.05) is 24.3 Å². The number of likely N-dealkylation sites (tertiary alicyclic amines) is 1. The highest BCUT2D eigenvalue weighted by molar-refractivity contribution is 5.79. The van der Waals surface area contributed by atoms with Crippen LogP contribution in [0.4, 0.5) is 0 Å². The maximum atomic E-state index is 11.7. The molecule has 2 heterocycles. The molecule has 1 fully saturated rings. The molecule has 0 amide bonds. The van der Waals surface area contributed by atoms with Crippen LogP contribution in [0.15, 0.2) is 54.7 Å². The van der Waals surface area contributed by atoms with Gasteiger partial charge in [0.1, 0.15) is 0 Å². The Kier molecular flexibility index (Phi) is 5.86. The second-order valence-corrected chi connectivity index (χ2v) is 7.65. The number of carboxylic acid groups (broad SMARTS) is 1. The van der Waals surface area contributed by atoms with Gasteiger partial charge in [-0.25, -0.2) is 0 Å². The van der Waals surface area contributed by atoms with Crippen molar-refractivity contribution in [3.8, 4) is 11.5 Å². The summed E-state index contributed by atoms with van der Waals surface area (Å²) in [4.78, 5) is 18.6. The summed E-state index contributed by atoms with van der Waals surface area (Å²) >= 11 is 0. The van der Waals surface area contributed by atoms with E-state index >= 15 is 0 Å². The minimum absolute atomic E-state index is 0.121. The number of fused-ring (bicyclic) bond motifs is 1. The Labute approximate surface area is 176 Å². The number of benzene rings is 2. The number of pyridine rings is 1. The summed E-state index contributed by atoms with van der Waals surface area (Å²) in [6.07, 6.45) is 3.45. The lowest BCUT2D eigenvalue weighted by atomic mass is 9.91. The van der Waals surface area contributed by atoms with Gasteiger partial charge >= 0.3 is 5.97 Å². The summed E-state index contributed by atoms with van der Waals surface area (Å²) in [7, 11) is 3.24. The molecule has 2 aromatic carbocycles. The first kappa shape index (κ1) is 20.2. The zero-order chi connectivity index (χ0) is 21.1. The number of nitrogens with zero attached hydrogens (tertiary/aromatic N) is 2. The number of hydrogen-bond donors (Lipinski definition) is 1. The molecule has 1 N–H and O–H groups in total. The van der Waals surface area contributed by atoms with Crippen molar-refractivity contribution < 1.29 is 19.4 Å². The monoisotopic (exact) mass is 406 g/mol. The molecule has 0 bridgehead atoms. The van der Waals surface area contributed by atoms with Crippen molar-refractivity contribution in [3.63, 3.8) is 0 Å². The van der Waals surface area contributed by atoms with E-state index < -0.39 is 5.97 Å². The summed E-state index contributed by atoms with van der Waals surface area (Å²) in [6, 6.07) is 15.9. The molecular formula is C24H26N2O4. The Balaban J connectivity index is 1.80. The maximum Gasteiger partial charge on any atom is 0.307 e. The van der Waals surface area contributed by atoms with Crippen LogP contribution in [0.3, 0.4) is 0 Å². The molecule has 1 aromatic heterocycles. The predicted octanol–water partition coefficient (Wildman–Crippen LogP) is 4.14. The van der Waals surface area contributed by atoms with E-state index in [9.17, 15) is 9.90 Å². The highest BCUT2D eigenvalue weighted by atomic mass is 16.5. The van der Waals surface area contributed by atoms with Crippen molar-refractivity contribution in [3.05, 3.63) is 65.9 Å². The molecule has 2 atom stereocenters. The number of carbonyl (C=O) groups is 1. The van der Waals surface area contributed by atoms with Gasteiger partial charge in [-0.3, -0.25) is 14.7 Å². The van der Waals surface area contributed by atoms with Crippen molar-refractivity contribution in [1.29, 1.82) is 0 Å². The van der Waals surface area contributed by atoms with E-state index in [2.05, 4.69) is 16.0 Å². The molecule has 2 unspecified atom stereocenters. The smallest absolute Gasteiger partial charge is 0.307 e. The van der Waals surface area contributed by atoms with Crippen LogP contribution in [0.25, 0.3) is 10.9 Å². The highest BCUT2D eigenvalue weighted by Crippen LogP contribution is 2.37. The van der Waals surface area contributed by atoms with Crippen molar-refractivity contribution in [1.82, 2.24) is 9.88 Å². The van der Waals surface area contributed by atoms with Crippen LogP contribution in [-0.4, -0.2) is 48.3 Å². The third kappa shape index (κ3) is 3.96. The average Bonchev–Trinajstić information content (AvgIpc) is 2.79. The molecule has 156 valence electrons. The van der Waals surface area contributed by atoms with Gasteiger partial charge in [-0.05, 0) is 54.8 Å². The lowest BCUT2D eigenvalue weighted by Gasteiger charge is -2.37. The molecule has 3 aromatic rings. The van der Waals surface area contributed by atoms with Crippen LogP contribution in [0, 0.1) is 5.92 Å². The van der Waals surface area contributed by atoms with E-state index in [1.165, 1.54) is 0 Å². The van der Waals surface area contributed by atoms with Crippen LogP contribution in [0.1, 0.15) is 30.0 Å². The first-order chi connectivity index (χ1) is 14.6. The third-order valence-electron chi connectivity index (χ3n) is 5.82. The lowest BCUT2D eigenvalue weighted by Crippen LogP contribution is -2.41. The summed E-state index contributed by atoms with van der Waals surface area (Å²) < 4.78 is 10.9. The number of methoxy groups -OCH3 is 2. The molecule has 6 nitrogen and oxygen atoms in total. The van der Waals surface area contributed by atoms with E-state index in [0.717, 1.165) is 35.0 Å². The fraction of sp³-hybridized carbons (Fsp3) is 0.333. The molecule has 0 saturated carbocycles. The quantitative estimate of drug-likeness (QED) is 0.663. The predicted molar refractivity (Wildman–Crippen MR) is 115 cm³/mol. The maximum absolute atomic E-state index is 11.7. The molecular weight excluding hydrogens is 380 g/mol. The Bertz CT molecular complexity index is 1050. The molecule has 4 rings (SSSR count). The summed E-state index contributed by atoms with van der Waals surface area (Å²) in [5.41, 5.74) is 3.00. The van der Waals surface area contributed by atoms with Gasteiger partial charge in [0.15, 0.2) is 11.5 Å². The highest BCUT2D eigenvalue weighted by Gasteiger charge is 2.32. The Morgan fingerprint density at radius 2 is 1.90 bits per heavy atom. The standard InChI is InChI=1S/C24H26N2O4/c1-29-21-10-9-17(13-22(21)30-2)23(26-11-5-7-18(15-26)24(27)28)19-12-16-6-3-4-8-20(16)25-14-19/h3-4,6,8-10,12-14,18,23H,5,7,11,15H2,1-2H3,(H,27,28). The Hall–Kier alpha value is -3.12. The largest absolute Gasteiger partial charge is 0.493 e. The summed E-state index contributed by atoms with van der Waals surface area (Å²) in [6.45, 7) is 1.33. The van der Waals surface area contributed by atoms with Crippen molar-refractivity contribution >= 4 is 16.9 Å². The molecule has 0 radical (unpaired) electrons.